The maximum absolute atomic E-state index is 12.1. The number of benzene rings is 2. The molecule has 0 radical (unpaired) electrons. The number of rotatable bonds is 5. The molecule has 0 saturated carbocycles. The van der Waals surface area contributed by atoms with Crippen molar-refractivity contribution in [3.05, 3.63) is 84.1 Å². The molecule has 1 aromatic heterocycles. The number of hydrogen-bond acceptors (Lipinski definition) is 5. The van der Waals surface area contributed by atoms with Gasteiger partial charge in [-0.05, 0) is 54.8 Å². The number of halogens is 1. The summed E-state index contributed by atoms with van der Waals surface area (Å²) in [5.74, 6) is -0.861. The molecule has 2 aromatic carbocycles. The number of carboxylic acids is 1. The van der Waals surface area contributed by atoms with E-state index in [1.807, 2.05) is 43.1 Å². The standard InChI is InChI=1S/C19H16BrN3O5/c1-10-7-14(23-19(27)21-17(24)15(22-23)18(25)26)8-11(2)16(10)28-9-12-3-5-13(20)6-4-12/h3-8H,9H2,1-2H3,(H,25,26)(H,21,24,27). The predicted octanol–water partition coefficient (Wildman–Crippen LogP) is 2.58. The van der Waals surface area contributed by atoms with E-state index in [1.54, 1.807) is 12.1 Å². The fraction of sp³-hybridized carbons (Fsp3) is 0.158. The minimum absolute atomic E-state index is 0.328. The van der Waals surface area contributed by atoms with Gasteiger partial charge in [-0.2, -0.15) is 9.78 Å². The third-order valence-electron chi connectivity index (χ3n) is 4.02. The minimum atomic E-state index is -1.52. The molecule has 0 bridgehead atoms. The summed E-state index contributed by atoms with van der Waals surface area (Å²) in [6.07, 6.45) is 0. The molecule has 0 saturated heterocycles. The molecule has 3 aromatic rings. The van der Waals surface area contributed by atoms with Gasteiger partial charge in [-0.1, -0.05) is 28.1 Å². The van der Waals surface area contributed by atoms with E-state index < -0.39 is 22.9 Å². The zero-order chi connectivity index (χ0) is 20.4. The number of carbonyl (C=O) groups is 1. The Bertz CT molecular complexity index is 1140. The van der Waals surface area contributed by atoms with Gasteiger partial charge in [-0.15, -0.1) is 0 Å². The molecule has 1 heterocycles. The third-order valence-corrected chi connectivity index (χ3v) is 4.55. The summed E-state index contributed by atoms with van der Waals surface area (Å²) in [5.41, 5.74) is 0.178. The second-order valence-electron chi connectivity index (χ2n) is 6.15. The van der Waals surface area contributed by atoms with Gasteiger partial charge in [0.05, 0.1) is 5.69 Å². The summed E-state index contributed by atoms with van der Waals surface area (Å²) in [6.45, 7) is 3.98. The molecule has 3 rings (SSSR count). The van der Waals surface area contributed by atoms with Gasteiger partial charge in [0.2, 0.25) is 5.69 Å². The van der Waals surface area contributed by atoms with Crippen LogP contribution in [0.4, 0.5) is 0 Å². The van der Waals surface area contributed by atoms with Crippen molar-refractivity contribution in [1.29, 1.82) is 0 Å². The number of aromatic amines is 1. The van der Waals surface area contributed by atoms with Crippen LogP contribution in [0.15, 0.2) is 50.5 Å². The lowest BCUT2D eigenvalue weighted by molar-refractivity contribution is 0.0685. The van der Waals surface area contributed by atoms with Gasteiger partial charge in [0.15, 0.2) is 0 Å². The van der Waals surface area contributed by atoms with Crippen molar-refractivity contribution in [1.82, 2.24) is 14.8 Å². The molecular weight excluding hydrogens is 430 g/mol. The summed E-state index contributed by atoms with van der Waals surface area (Å²) in [6, 6.07) is 11.0. The van der Waals surface area contributed by atoms with Crippen molar-refractivity contribution < 1.29 is 14.6 Å². The van der Waals surface area contributed by atoms with Gasteiger partial charge in [0, 0.05) is 4.47 Å². The van der Waals surface area contributed by atoms with Crippen molar-refractivity contribution in [2.24, 2.45) is 0 Å². The van der Waals surface area contributed by atoms with E-state index in [4.69, 9.17) is 9.84 Å². The van der Waals surface area contributed by atoms with Crippen molar-refractivity contribution in [3.63, 3.8) is 0 Å². The van der Waals surface area contributed by atoms with Crippen LogP contribution in [-0.2, 0) is 6.61 Å². The van der Waals surface area contributed by atoms with Crippen LogP contribution in [0.1, 0.15) is 27.2 Å². The molecule has 28 heavy (non-hydrogen) atoms. The summed E-state index contributed by atoms with van der Waals surface area (Å²) >= 11 is 3.39. The number of nitrogens with zero attached hydrogens (tertiary/aromatic N) is 2. The molecular formula is C19H16BrN3O5. The molecule has 8 nitrogen and oxygen atoms in total. The van der Waals surface area contributed by atoms with Gasteiger partial charge in [-0.3, -0.25) is 9.78 Å². The first-order valence-corrected chi connectivity index (χ1v) is 9.01. The lowest BCUT2D eigenvalue weighted by Crippen LogP contribution is -2.35. The fourth-order valence-corrected chi connectivity index (χ4v) is 2.99. The SMILES string of the molecule is Cc1cc(-n2nc(C(=O)O)c(=O)[nH]c2=O)cc(C)c1OCc1ccc(Br)cc1. The Hall–Kier alpha value is -3.20. The fourth-order valence-electron chi connectivity index (χ4n) is 2.73. The Labute approximate surface area is 167 Å². The summed E-state index contributed by atoms with van der Waals surface area (Å²) in [4.78, 5) is 36.7. The normalized spacial score (nSPS) is 10.7. The lowest BCUT2D eigenvalue weighted by atomic mass is 10.1. The van der Waals surface area contributed by atoms with Crippen LogP contribution in [0.5, 0.6) is 5.75 Å². The molecule has 0 spiro atoms. The van der Waals surface area contributed by atoms with Gasteiger partial charge >= 0.3 is 11.7 Å². The Balaban J connectivity index is 1.95. The molecule has 2 N–H and O–H groups in total. The van der Waals surface area contributed by atoms with Gasteiger partial charge in [0.25, 0.3) is 5.56 Å². The number of carboxylic acid groups (broad SMARTS) is 1. The first kappa shape index (κ1) is 19.6. The van der Waals surface area contributed by atoms with Crippen molar-refractivity contribution in [2.45, 2.75) is 20.5 Å². The van der Waals surface area contributed by atoms with Gasteiger partial charge < -0.3 is 9.84 Å². The average molecular weight is 446 g/mol. The number of ether oxygens (including phenoxy) is 1. The molecule has 0 unspecified atom stereocenters. The highest BCUT2D eigenvalue weighted by Crippen LogP contribution is 2.27. The van der Waals surface area contributed by atoms with Crippen LogP contribution < -0.4 is 16.0 Å². The summed E-state index contributed by atoms with van der Waals surface area (Å²) in [7, 11) is 0. The third kappa shape index (κ3) is 4.04. The molecule has 0 aliphatic rings. The van der Waals surface area contributed by atoms with Gasteiger partial charge in [-0.25, -0.2) is 9.59 Å². The van der Waals surface area contributed by atoms with E-state index in [0.717, 1.165) is 25.8 Å². The van der Waals surface area contributed by atoms with Crippen LogP contribution in [-0.4, -0.2) is 25.8 Å². The largest absolute Gasteiger partial charge is 0.488 e. The smallest absolute Gasteiger partial charge is 0.362 e. The highest BCUT2D eigenvalue weighted by molar-refractivity contribution is 9.10. The lowest BCUT2D eigenvalue weighted by Gasteiger charge is -2.15. The molecule has 0 fully saturated rings. The highest BCUT2D eigenvalue weighted by atomic mass is 79.9. The molecule has 0 aliphatic carbocycles. The van der Waals surface area contributed by atoms with Gasteiger partial charge in [0.1, 0.15) is 12.4 Å². The number of nitrogens with one attached hydrogen (secondary N) is 1. The number of aryl methyl sites for hydroxylation is 2. The van der Waals surface area contributed by atoms with Crippen molar-refractivity contribution in [3.8, 4) is 11.4 Å². The monoisotopic (exact) mass is 445 g/mol. The maximum Gasteiger partial charge on any atom is 0.362 e. The maximum atomic E-state index is 12.1. The zero-order valence-electron chi connectivity index (χ0n) is 15.0. The van der Waals surface area contributed by atoms with E-state index in [2.05, 4.69) is 21.0 Å². The van der Waals surface area contributed by atoms with E-state index in [-0.39, 0.29) is 0 Å². The second-order valence-corrected chi connectivity index (χ2v) is 7.06. The first-order chi connectivity index (χ1) is 13.3. The Kier molecular flexibility index (Phi) is 5.46. The number of aromatic carboxylic acids is 1. The highest BCUT2D eigenvalue weighted by Gasteiger charge is 2.16. The first-order valence-electron chi connectivity index (χ1n) is 8.22. The molecule has 9 heteroatoms. The van der Waals surface area contributed by atoms with E-state index in [1.165, 1.54) is 0 Å². The van der Waals surface area contributed by atoms with Crippen LogP contribution in [0.3, 0.4) is 0 Å². The molecule has 0 amide bonds. The van der Waals surface area contributed by atoms with E-state index >= 15 is 0 Å². The molecule has 144 valence electrons. The predicted molar refractivity (Wildman–Crippen MR) is 105 cm³/mol. The average Bonchev–Trinajstić information content (AvgIpc) is 2.62. The number of aromatic nitrogens is 3. The van der Waals surface area contributed by atoms with Crippen molar-refractivity contribution in [2.75, 3.05) is 0 Å². The van der Waals surface area contributed by atoms with Crippen LogP contribution in [0.2, 0.25) is 0 Å². The summed E-state index contributed by atoms with van der Waals surface area (Å²) in [5, 5.41) is 12.7. The van der Waals surface area contributed by atoms with Crippen LogP contribution >= 0.6 is 15.9 Å². The van der Waals surface area contributed by atoms with Crippen LogP contribution in [0, 0.1) is 13.8 Å². The molecule has 0 aliphatic heterocycles. The topological polar surface area (TPSA) is 114 Å². The van der Waals surface area contributed by atoms with Crippen molar-refractivity contribution >= 4 is 21.9 Å². The minimum Gasteiger partial charge on any atom is -0.488 e. The Morgan fingerprint density at radius 3 is 2.36 bits per heavy atom. The quantitative estimate of drug-likeness (QED) is 0.623. The van der Waals surface area contributed by atoms with E-state index in [0.29, 0.717) is 18.0 Å². The zero-order valence-corrected chi connectivity index (χ0v) is 16.6. The van der Waals surface area contributed by atoms with Crippen LogP contribution in [0.25, 0.3) is 5.69 Å². The Morgan fingerprint density at radius 2 is 1.79 bits per heavy atom. The Morgan fingerprint density at radius 1 is 1.18 bits per heavy atom. The van der Waals surface area contributed by atoms with E-state index in [9.17, 15) is 14.4 Å². The summed E-state index contributed by atoms with van der Waals surface area (Å²) < 4.78 is 7.75. The molecule has 0 atom stereocenters. The second kappa shape index (κ2) is 7.81. The number of hydrogen-bond donors (Lipinski definition) is 2. The number of H-pyrrole nitrogens is 1.